The summed E-state index contributed by atoms with van der Waals surface area (Å²) in [5.74, 6) is 1.32. The molecule has 8 heteroatoms. The van der Waals surface area contributed by atoms with Crippen LogP contribution in [-0.4, -0.2) is 51.8 Å². The second-order valence-electron chi connectivity index (χ2n) is 5.90. The van der Waals surface area contributed by atoms with E-state index in [0.717, 1.165) is 32.1 Å². The van der Waals surface area contributed by atoms with Crippen molar-refractivity contribution in [3.8, 4) is 0 Å². The molecule has 2 saturated heterocycles. The maximum atomic E-state index is 12.9. The van der Waals surface area contributed by atoms with Crippen LogP contribution in [0.3, 0.4) is 0 Å². The molecule has 2 aliphatic rings. The Balaban J connectivity index is 1.75. The lowest BCUT2D eigenvalue weighted by Gasteiger charge is -2.34. The maximum absolute atomic E-state index is 12.9. The Hall–Kier alpha value is -0.990. The fraction of sp³-hybridized carbons (Fsp3) is 0.846. The highest BCUT2D eigenvalue weighted by molar-refractivity contribution is 7.86. The van der Waals surface area contributed by atoms with Gasteiger partial charge in [-0.1, -0.05) is 13.3 Å². The minimum Gasteiger partial charge on any atom is -0.262 e. The van der Waals surface area contributed by atoms with Gasteiger partial charge in [-0.25, -0.2) is 4.98 Å². The molecule has 1 aromatic heterocycles. The number of hydrogen-bond donors (Lipinski definition) is 1. The van der Waals surface area contributed by atoms with Gasteiger partial charge in [0.1, 0.15) is 12.2 Å². The molecule has 7 nitrogen and oxygen atoms in total. The van der Waals surface area contributed by atoms with Gasteiger partial charge in [0.2, 0.25) is 0 Å². The Bertz CT molecular complexity index is 551. The maximum Gasteiger partial charge on any atom is 0.282 e. The Morgan fingerprint density at radius 1 is 1.29 bits per heavy atom. The van der Waals surface area contributed by atoms with Crippen LogP contribution in [0.2, 0.25) is 0 Å². The first-order valence-corrected chi connectivity index (χ1v) is 9.14. The van der Waals surface area contributed by atoms with Crippen LogP contribution >= 0.6 is 0 Å². The zero-order valence-electron chi connectivity index (χ0n) is 12.4. The van der Waals surface area contributed by atoms with Crippen LogP contribution in [-0.2, 0) is 10.2 Å². The van der Waals surface area contributed by atoms with Gasteiger partial charge >= 0.3 is 0 Å². The summed E-state index contributed by atoms with van der Waals surface area (Å²) in [4.78, 5) is 4.14. The summed E-state index contributed by atoms with van der Waals surface area (Å²) < 4.78 is 29.0. The second kappa shape index (κ2) is 6.02. The van der Waals surface area contributed by atoms with Gasteiger partial charge in [0, 0.05) is 19.6 Å². The average Bonchev–Trinajstić information content (AvgIpc) is 3.17. The van der Waals surface area contributed by atoms with Gasteiger partial charge in [-0.15, -0.1) is 0 Å². The molecule has 0 bridgehead atoms. The van der Waals surface area contributed by atoms with Gasteiger partial charge in [-0.2, -0.15) is 22.1 Å². The zero-order chi connectivity index (χ0) is 14.9. The lowest BCUT2D eigenvalue weighted by atomic mass is 9.96. The molecule has 0 aliphatic carbocycles. The summed E-state index contributed by atoms with van der Waals surface area (Å²) in [6, 6.07) is -0.193. The molecule has 1 N–H and O–H groups in total. The molecular weight excluding hydrogens is 290 g/mol. The van der Waals surface area contributed by atoms with Gasteiger partial charge in [0.25, 0.3) is 10.2 Å². The Kier molecular flexibility index (Phi) is 4.28. The van der Waals surface area contributed by atoms with E-state index in [9.17, 15) is 8.42 Å². The number of H-pyrrole nitrogens is 1. The van der Waals surface area contributed by atoms with Crippen LogP contribution < -0.4 is 0 Å². The van der Waals surface area contributed by atoms with E-state index in [4.69, 9.17) is 0 Å². The van der Waals surface area contributed by atoms with E-state index in [2.05, 4.69) is 22.1 Å². The molecule has 21 heavy (non-hydrogen) atoms. The highest BCUT2D eigenvalue weighted by Crippen LogP contribution is 2.34. The molecule has 0 saturated carbocycles. The molecule has 3 heterocycles. The van der Waals surface area contributed by atoms with Crippen molar-refractivity contribution in [2.45, 2.75) is 45.1 Å². The predicted molar refractivity (Wildman–Crippen MR) is 78.6 cm³/mol. The summed E-state index contributed by atoms with van der Waals surface area (Å²) in [5.41, 5.74) is 0. The van der Waals surface area contributed by atoms with Crippen molar-refractivity contribution < 1.29 is 8.42 Å². The van der Waals surface area contributed by atoms with Crippen LogP contribution in [0.25, 0.3) is 0 Å². The van der Waals surface area contributed by atoms with Crippen LogP contribution in [0.1, 0.15) is 50.9 Å². The van der Waals surface area contributed by atoms with Crippen molar-refractivity contribution in [2.75, 3.05) is 19.6 Å². The van der Waals surface area contributed by atoms with Gasteiger partial charge in [0.05, 0.1) is 6.04 Å². The van der Waals surface area contributed by atoms with Gasteiger partial charge in [0.15, 0.2) is 0 Å². The number of aromatic amines is 1. The number of aromatic nitrogens is 3. The highest BCUT2D eigenvalue weighted by Gasteiger charge is 2.40. The number of nitrogens with one attached hydrogen (secondary N) is 1. The molecule has 1 aromatic rings. The normalized spacial score (nSPS) is 26.4. The summed E-state index contributed by atoms with van der Waals surface area (Å²) in [5, 5.41) is 6.66. The first kappa shape index (κ1) is 14.9. The minimum atomic E-state index is -3.39. The van der Waals surface area contributed by atoms with E-state index < -0.39 is 10.2 Å². The lowest BCUT2D eigenvalue weighted by Crippen LogP contribution is -2.47. The van der Waals surface area contributed by atoms with Crippen LogP contribution in [0.15, 0.2) is 6.33 Å². The molecule has 0 amide bonds. The van der Waals surface area contributed by atoms with E-state index in [0.29, 0.717) is 31.4 Å². The molecule has 0 spiro atoms. The largest absolute Gasteiger partial charge is 0.282 e. The average molecular weight is 313 g/mol. The standard InChI is InChI=1S/C13H23N5O2S/c1-2-11-5-8-17(9-6-11)21(19,20)18-7-3-4-12(18)13-14-10-15-16-13/h10-12H,2-9H2,1H3,(H,14,15,16)/t12-/m0/s1. The third kappa shape index (κ3) is 2.84. The lowest BCUT2D eigenvalue weighted by molar-refractivity contribution is 0.245. The minimum absolute atomic E-state index is 0.193. The summed E-state index contributed by atoms with van der Waals surface area (Å²) in [6.45, 7) is 4.03. The predicted octanol–water partition coefficient (Wildman–Crippen LogP) is 1.31. The number of hydrogen-bond acceptors (Lipinski definition) is 4. The number of piperidine rings is 1. The van der Waals surface area contributed by atoms with Crippen LogP contribution in [0, 0.1) is 5.92 Å². The molecule has 2 fully saturated rings. The quantitative estimate of drug-likeness (QED) is 0.908. The summed E-state index contributed by atoms with van der Waals surface area (Å²) >= 11 is 0. The smallest absolute Gasteiger partial charge is 0.262 e. The fourth-order valence-electron chi connectivity index (χ4n) is 3.36. The number of rotatable bonds is 4. The van der Waals surface area contributed by atoms with Gasteiger partial charge in [-0.3, -0.25) is 5.10 Å². The van der Waals surface area contributed by atoms with Crippen LogP contribution in [0.5, 0.6) is 0 Å². The van der Waals surface area contributed by atoms with Crippen molar-refractivity contribution in [3.05, 3.63) is 12.2 Å². The zero-order valence-corrected chi connectivity index (χ0v) is 13.2. The summed E-state index contributed by atoms with van der Waals surface area (Å²) in [6.07, 6.45) is 6.19. The summed E-state index contributed by atoms with van der Waals surface area (Å²) in [7, 11) is -3.39. The molecule has 118 valence electrons. The third-order valence-corrected chi connectivity index (χ3v) is 6.77. The van der Waals surface area contributed by atoms with Crippen molar-refractivity contribution >= 4 is 10.2 Å². The van der Waals surface area contributed by atoms with Crippen LogP contribution in [0.4, 0.5) is 0 Å². The van der Waals surface area contributed by atoms with Gasteiger partial charge in [-0.05, 0) is 31.6 Å². The van der Waals surface area contributed by atoms with Crippen molar-refractivity contribution in [1.29, 1.82) is 0 Å². The van der Waals surface area contributed by atoms with Gasteiger partial charge < -0.3 is 0 Å². The monoisotopic (exact) mass is 313 g/mol. The van der Waals surface area contributed by atoms with E-state index >= 15 is 0 Å². The van der Waals surface area contributed by atoms with E-state index in [1.807, 2.05) is 0 Å². The van der Waals surface area contributed by atoms with E-state index in [-0.39, 0.29) is 6.04 Å². The van der Waals surface area contributed by atoms with Crippen molar-refractivity contribution in [2.24, 2.45) is 5.92 Å². The molecular formula is C13H23N5O2S. The van der Waals surface area contributed by atoms with E-state index in [1.54, 1.807) is 8.61 Å². The number of nitrogens with zero attached hydrogens (tertiary/aromatic N) is 4. The fourth-order valence-corrected chi connectivity index (χ4v) is 5.22. The molecule has 3 rings (SSSR count). The Morgan fingerprint density at radius 3 is 2.67 bits per heavy atom. The third-order valence-electron chi connectivity index (χ3n) is 4.73. The molecule has 0 aromatic carbocycles. The first-order valence-electron chi connectivity index (χ1n) is 7.75. The molecule has 0 radical (unpaired) electrons. The Labute approximate surface area is 125 Å². The van der Waals surface area contributed by atoms with Crippen molar-refractivity contribution in [1.82, 2.24) is 23.8 Å². The second-order valence-corrected chi connectivity index (χ2v) is 7.78. The Morgan fingerprint density at radius 2 is 2.05 bits per heavy atom. The SMILES string of the molecule is CCC1CCN(S(=O)(=O)N2CCC[C@H]2c2ncn[nH]2)CC1. The topological polar surface area (TPSA) is 82.2 Å². The molecule has 1 atom stereocenters. The molecule has 0 unspecified atom stereocenters. The highest BCUT2D eigenvalue weighted by atomic mass is 32.2. The van der Waals surface area contributed by atoms with E-state index in [1.165, 1.54) is 6.33 Å². The molecule has 2 aliphatic heterocycles. The first-order chi connectivity index (χ1) is 10.1. The van der Waals surface area contributed by atoms with Crippen molar-refractivity contribution in [3.63, 3.8) is 0 Å².